The van der Waals surface area contributed by atoms with Crippen LogP contribution in [0.5, 0.6) is 0 Å². The molecular weight excluding hydrogens is 428 g/mol. The lowest BCUT2D eigenvalue weighted by atomic mass is 10.2. The molecule has 0 unspecified atom stereocenters. The average molecular weight is 444 g/mol. The van der Waals surface area contributed by atoms with Crippen LogP contribution in [0.15, 0.2) is 93.9 Å². The van der Waals surface area contributed by atoms with Gasteiger partial charge < -0.3 is 0 Å². The van der Waals surface area contributed by atoms with Crippen molar-refractivity contribution < 1.29 is 4.79 Å². The summed E-state index contributed by atoms with van der Waals surface area (Å²) in [4.78, 5) is 11.7. The fourth-order valence-electron chi connectivity index (χ4n) is 1.84. The van der Waals surface area contributed by atoms with Crippen molar-refractivity contribution in [1.29, 1.82) is 0 Å². The van der Waals surface area contributed by atoms with Crippen LogP contribution in [0.1, 0.15) is 11.1 Å². The van der Waals surface area contributed by atoms with Crippen molar-refractivity contribution in [2.45, 2.75) is 0 Å². The highest BCUT2D eigenvalue weighted by atomic mass is 79.9. The van der Waals surface area contributed by atoms with Crippen molar-refractivity contribution in [2.24, 2.45) is 0 Å². The van der Waals surface area contributed by atoms with Gasteiger partial charge in [0.1, 0.15) is 0 Å². The van der Waals surface area contributed by atoms with Crippen molar-refractivity contribution in [3.8, 4) is 0 Å². The van der Waals surface area contributed by atoms with Crippen LogP contribution >= 0.6 is 31.9 Å². The minimum Gasteiger partial charge on any atom is -0.290 e. The standard InChI is InChI=1S/C21H16Br2O/c22-19-13-9-17(10-14-19)5-1-3-7-21(24)8-4-2-6-18-11-15-20(23)16-12-18/h1-16H. The van der Waals surface area contributed by atoms with Gasteiger partial charge in [-0.15, -0.1) is 0 Å². The summed E-state index contributed by atoms with van der Waals surface area (Å²) in [5.74, 6) is -0.0455. The number of rotatable bonds is 6. The number of allylic oxidation sites excluding steroid dienone is 6. The van der Waals surface area contributed by atoms with E-state index in [0.29, 0.717) is 0 Å². The van der Waals surface area contributed by atoms with E-state index in [1.54, 1.807) is 24.3 Å². The van der Waals surface area contributed by atoms with Crippen LogP contribution in [0.4, 0.5) is 0 Å². The maximum absolute atomic E-state index is 11.7. The van der Waals surface area contributed by atoms with Crippen LogP contribution in [0.2, 0.25) is 0 Å². The maximum atomic E-state index is 11.7. The summed E-state index contributed by atoms with van der Waals surface area (Å²) in [7, 11) is 0. The van der Waals surface area contributed by atoms with Gasteiger partial charge in [-0.05, 0) is 47.5 Å². The van der Waals surface area contributed by atoms with E-state index in [4.69, 9.17) is 0 Å². The molecule has 0 atom stereocenters. The lowest BCUT2D eigenvalue weighted by Gasteiger charge is -1.92. The van der Waals surface area contributed by atoms with Crippen LogP contribution in [-0.4, -0.2) is 5.78 Å². The van der Waals surface area contributed by atoms with Crippen LogP contribution in [0, 0.1) is 0 Å². The molecule has 0 aliphatic heterocycles. The summed E-state index contributed by atoms with van der Waals surface area (Å²) in [6.45, 7) is 0. The van der Waals surface area contributed by atoms with E-state index in [9.17, 15) is 4.79 Å². The molecule has 0 aliphatic carbocycles. The molecule has 2 aromatic rings. The molecule has 24 heavy (non-hydrogen) atoms. The average Bonchev–Trinajstić information content (AvgIpc) is 2.59. The Morgan fingerprint density at radius 2 is 1.00 bits per heavy atom. The molecule has 0 aromatic heterocycles. The number of carbonyl (C=O) groups excluding carboxylic acids is 1. The first-order valence-electron chi connectivity index (χ1n) is 7.38. The molecule has 0 radical (unpaired) electrons. The van der Waals surface area contributed by atoms with Crippen LogP contribution < -0.4 is 0 Å². The van der Waals surface area contributed by atoms with Gasteiger partial charge in [0.25, 0.3) is 0 Å². The van der Waals surface area contributed by atoms with E-state index in [2.05, 4.69) is 31.9 Å². The van der Waals surface area contributed by atoms with Gasteiger partial charge in [-0.2, -0.15) is 0 Å². The first-order chi connectivity index (χ1) is 11.6. The van der Waals surface area contributed by atoms with E-state index < -0.39 is 0 Å². The van der Waals surface area contributed by atoms with Gasteiger partial charge in [0, 0.05) is 8.95 Å². The predicted octanol–water partition coefficient (Wildman–Crippen LogP) is 6.62. The monoisotopic (exact) mass is 442 g/mol. The number of ketones is 1. The summed E-state index contributed by atoms with van der Waals surface area (Å²) < 4.78 is 2.10. The second kappa shape index (κ2) is 10.0. The molecule has 0 spiro atoms. The SMILES string of the molecule is O=C(C=CC=Cc1ccc(Br)cc1)C=CC=Cc1ccc(Br)cc1. The molecule has 0 bridgehead atoms. The number of hydrogen-bond acceptors (Lipinski definition) is 1. The molecule has 2 aromatic carbocycles. The van der Waals surface area contributed by atoms with E-state index >= 15 is 0 Å². The summed E-state index contributed by atoms with van der Waals surface area (Å²) in [5.41, 5.74) is 2.17. The highest BCUT2D eigenvalue weighted by Crippen LogP contribution is 2.12. The van der Waals surface area contributed by atoms with Crippen LogP contribution in [-0.2, 0) is 4.79 Å². The second-order valence-electron chi connectivity index (χ2n) is 4.94. The number of benzene rings is 2. The zero-order valence-electron chi connectivity index (χ0n) is 12.9. The predicted molar refractivity (Wildman–Crippen MR) is 110 cm³/mol. The molecular formula is C21H16Br2O. The molecule has 0 heterocycles. The summed E-state index contributed by atoms with van der Waals surface area (Å²) in [6.07, 6.45) is 14.2. The summed E-state index contributed by atoms with van der Waals surface area (Å²) in [6, 6.07) is 15.9. The molecule has 0 saturated heterocycles. The largest absolute Gasteiger partial charge is 0.290 e. The third-order valence-electron chi connectivity index (χ3n) is 3.06. The smallest absolute Gasteiger partial charge is 0.178 e. The van der Waals surface area contributed by atoms with Crippen LogP contribution in [0.25, 0.3) is 12.2 Å². The molecule has 3 heteroatoms. The molecule has 120 valence electrons. The molecule has 2 rings (SSSR count). The van der Waals surface area contributed by atoms with Crippen LogP contribution in [0.3, 0.4) is 0 Å². The quantitative estimate of drug-likeness (QED) is 0.362. The zero-order chi connectivity index (χ0) is 17.2. The lowest BCUT2D eigenvalue weighted by Crippen LogP contribution is -1.82. The van der Waals surface area contributed by atoms with Crippen molar-refractivity contribution in [3.63, 3.8) is 0 Å². The van der Waals surface area contributed by atoms with Gasteiger partial charge in [0.15, 0.2) is 5.78 Å². The summed E-state index contributed by atoms with van der Waals surface area (Å²) in [5, 5.41) is 0. The number of halogens is 2. The van der Waals surface area contributed by atoms with Gasteiger partial charge in [-0.25, -0.2) is 0 Å². The van der Waals surface area contributed by atoms with Crippen molar-refractivity contribution in [3.05, 3.63) is 105 Å². The molecule has 0 fully saturated rings. The topological polar surface area (TPSA) is 17.1 Å². The van der Waals surface area contributed by atoms with Gasteiger partial charge in [-0.1, -0.05) is 92.6 Å². The first-order valence-corrected chi connectivity index (χ1v) is 8.97. The lowest BCUT2D eigenvalue weighted by molar-refractivity contribution is -0.110. The Bertz CT molecular complexity index is 712. The van der Waals surface area contributed by atoms with Gasteiger partial charge in [0.05, 0.1) is 0 Å². The number of hydrogen-bond donors (Lipinski definition) is 0. The molecule has 0 N–H and O–H groups in total. The minimum atomic E-state index is -0.0455. The number of carbonyl (C=O) groups is 1. The Balaban J connectivity index is 1.81. The first kappa shape index (κ1) is 18.4. The van der Waals surface area contributed by atoms with E-state index in [1.807, 2.05) is 72.8 Å². The van der Waals surface area contributed by atoms with Gasteiger partial charge in [0.2, 0.25) is 0 Å². The Kier molecular flexibility index (Phi) is 7.66. The minimum absolute atomic E-state index is 0.0455. The molecule has 0 saturated carbocycles. The second-order valence-corrected chi connectivity index (χ2v) is 6.77. The van der Waals surface area contributed by atoms with E-state index in [1.165, 1.54) is 0 Å². The fraction of sp³-hybridized carbons (Fsp3) is 0. The van der Waals surface area contributed by atoms with E-state index in [-0.39, 0.29) is 5.78 Å². The van der Waals surface area contributed by atoms with Crippen molar-refractivity contribution in [2.75, 3.05) is 0 Å². The van der Waals surface area contributed by atoms with Crippen molar-refractivity contribution >= 4 is 49.8 Å². The van der Waals surface area contributed by atoms with Gasteiger partial charge in [-0.3, -0.25) is 4.79 Å². The third kappa shape index (κ3) is 7.07. The zero-order valence-corrected chi connectivity index (χ0v) is 16.1. The van der Waals surface area contributed by atoms with Crippen molar-refractivity contribution in [1.82, 2.24) is 0 Å². The van der Waals surface area contributed by atoms with Gasteiger partial charge >= 0.3 is 0 Å². The Labute approximate surface area is 159 Å². The molecule has 1 nitrogen and oxygen atoms in total. The third-order valence-corrected chi connectivity index (χ3v) is 4.12. The highest BCUT2D eigenvalue weighted by molar-refractivity contribution is 9.10. The highest BCUT2D eigenvalue weighted by Gasteiger charge is 1.88. The Hall–Kier alpha value is -1.97. The van der Waals surface area contributed by atoms with E-state index in [0.717, 1.165) is 20.1 Å². The maximum Gasteiger partial charge on any atom is 0.178 e. The normalized spacial score (nSPS) is 12.1. The fourth-order valence-corrected chi connectivity index (χ4v) is 2.37. The summed E-state index contributed by atoms with van der Waals surface area (Å²) >= 11 is 6.79. The molecule has 0 aliphatic rings. The Morgan fingerprint density at radius 1 is 0.625 bits per heavy atom. The Morgan fingerprint density at radius 3 is 1.38 bits per heavy atom. The molecule has 0 amide bonds.